The maximum atomic E-state index is 12.7. The summed E-state index contributed by atoms with van der Waals surface area (Å²) in [5.74, 6) is -0.833. The van der Waals surface area contributed by atoms with Gasteiger partial charge in [0.2, 0.25) is 0 Å². The second kappa shape index (κ2) is 3.98. The molecule has 3 nitrogen and oxygen atoms in total. The van der Waals surface area contributed by atoms with Gasteiger partial charge in [-0.3, -0.25) is 9.78 Å². The molecular weight excluding hydrogens is 173 g/mol. The maximum Gasteiger partial charge on any atom is 0.310 e. The van der Waals surface area contributed by atoms with Gasteiger partial charge in [-0.05, 0) is 18.6 Å². The van der Waals surface area contributed by atoms with Crippen LogP contribution in [-0.2, 0) is 16.0 Å². The third-order valence-electron chi connectivity index (χ3n) is 1.72. The molecule has 0 spiro atoms. The van der Waals surface area contributed by atoms with Crippen molar-refractivity contribution in [2.45, 2.75) is 13.3 Å². The van der Waals surface area contributed by atoms with E-state index in [9.17, 15) is 9.18 Å². The molecule has 0 aliphatic heterocycles. The Morgan fingerprint density at radius 1 is 1.69 bits per heavy atom. The summed E-state index contributed by atoms with van der Waals surface area (Å²) in [5, 5.41) is 0. The molecule has 0 fully saturated rings. The predicted molar refractivity (Wildman–Crippen MR) is 44.7 cm³/mol. The summed E-state index contributed by atoms with van der Waals surface area (Å²) in [5.41, 5.74) is 1.21. The highest BCUT2D eigenvalue weighted by atomic mass is 19.1. The standard InChI is InChI=1S/C9H10FNO2/c1-6-7(4-9(12)13-2)3-8(10)5-11-6/h3,5H,4H2,1-2H3. The largest absolute Gasteiger partial charge is 0.469 e. The van der Waals surface area contributed by atoms with E-state index in [0.29, 0.717) is 11.3 Å². The summed E-state index contributed by atoms with van der Waals surface area (Å²) in [4.78, 5) is 14.7. The first-order valence-electron chi connectivity index (χ1n) is 3.81. The normalized spacial score (nSPS) is 9.77. The number of rotatable bonds is 2. The third-order valence-corrected chi connectivity index (χ3v) is 1.72. The SMILES string of the molecule is COC(=O)Cc1cc(F)cnc1C. The Morgan fingerprint density at radius 2 is 2.38 bits per heavy atom. The Balaban J connectivity index is 2.87. The molecule has 4 heteroatoms. The Hall–Kier alpha value is -1.45. The van der Waals surface area contributed by atoms with Gasteiger partial charge in [0.25, 0.3) is 0 Å². The zero-order valence-corrected chi connectivity index (χ0v) is 7.50. The fraction of sp³-hybridized carbons (Fsp3) is 0.333. The van der Waals surface area contributed by atoms with Crippen LogP contribution in [0, 0.1) is 12.7 Å². The van der Waals surface area contributed by atoms with Crippen LogP contribution in [0.15, 0.2) is 12.3 Å². The first-order valence-corrected chi connectivity index (χ1v) is 3.81. The van der Waals surface area contributed by atoms with Crippen molar-refractivity contribution in [2.24, 2.45) is 0 Å². The zero-order valence-electron chi connectivity index (χ0n) is 7.50. The Kier molecular flexibility index (Phi) is 2.95. The quantitative estimate of drug-likeness (QED) is 0.647. The molecule has 0 aromatic carbocycles. The molecule has 0 aliphatic rings. The van der Waals surface area contributed by atoms with E-state index in [4.69, 9.17) is 0 Å². The van der Waals surface area contributed by atoms with E-state index in [1.807, 2.05) is 0 Å². The van der Waals surface area contributed by atoms with Gasteiger partial charge >= 0.3 is 5.97 Å². The number of aromatic nitrogens is 1. The average Bonchev–Trinajstić information content (AvgIpc) is 2.11. The number of hydrogen-bond donors (Lipinski definition) is 0. The Labute approximate surface area is 75.6 Å². The maximum absolute atomic E-state index is 12.7. The average molecular weight is 183 g/mol. The lowest BCUT2D eigenvalue weighted by molar-refractivity contribution is -0.139. The number of carbonyl (C=O) groups excluding carboxylic acids is 1. The molecule has 0 N–H and O–H groups in total. The van der Waals surface area contributed by atoms with Gasteiger partial charge in [-0.2, -0.15) is 0 Å². The summed E-state index contributed by atoms with van der Waals surface area (Å²) in [6.45, 7) is 1.72. The molecular formula is C9H10FNO2. The molecule has 0 radical (unpaired) electrons. The lowest BCUT2D eigenvalue weighted by Crippen LogP contribution is -2.06. The molecule has 0 saturated carbocycles. The van der Waals surface area contributed by atoms with Gasteiger partial charge in [0.1, 0.15) is 5.82 Å². The van der Waals surface area contributed by atoms with Gasteiger partial charge in [0, 0.05) is 5.69 Å². The topological polar surface area (TPSA) is 39.2 Å². The number of hydrogen-bond acceptors (Lipinski definition) is 3. The van der Waals surface area contributed by atoms with Gasteiger partial charge in [-0.25, -0.2) is 4.39 Å². The zero-order chi connectivity index (χ0) is 9.84. The second-order valence-corrected chi connectivity index (χ2v) is 2.65. The number of carbonyl (C=O) groups is 1. The van der Waals surface area contributed by atoms with E-state index >= 15 is 0 Å². The number of nitrogens with zero attached hydrogens (tertiary/aromatic N) is 1. The summed E-state index contributed by atoms with van der Waals surface area (Å²) >= 11 is 0. The first kappa shape index (κ1) is 9.64. The van der Waals surface area contributed by atoms with Gasteiger partial charge in [0.05, 0.1) is 19.7 Å². The number of methoxy groups -OCH3 is 1. The number of aryl methyl sites for hydroxylation is 1. The minimum atomic E-state index is -0.440. The second-order valence-electron chi connectivity index (χ2n) is 2.65. The van der Waals surface area contributed by atoms with Crippen LogP contribution in [0.1, 0.15) is 11.3 Å². The Morgan fingerprint density at radius 3 is 3.00 bits per heavy atom. The fourth-order valence-corrected chi connectivity index (χ4v) is 0.956. The van der Waals surface area contributed by atoms with Crippen molar-refractivity contribution in [2.75, 3.05) is 7.11 Å². The minimum Gasteiger partial charge on any atom is -0.469 e. The monoisotopic (exact) mass is 183 g/mol. The van der Waals surface area contributed by atoms with Crippen LogP contribution in [0.3, 0.4) is 0 Å². The number of esters is 1. The molecule has 0 bridgehead atoms. The predicted octanol–water partition coefficient (Wildman–Crippen LogP) is 1.24. The van der Waals surface area contributed by atoms with Crippen LogP contribution in [-0.4, -0.2) is 18.1 Å². The molecule has 1 aromatic rings. The first-order chi connectivity index (χ1) is 6.13. The van der Waals surface area contributed by atoms with Gasteiger partial charge in [-0.15, -0.1) is 0 Å². The number of ether oxygens (including phenoxy) is 1. The summed E-state index contributed by atoms with van der Waals surface area (Å²) in [7, 11) is 1.30. The van der Waals surface area contributed by atoms with E-state index in [1.54, 1.807) is 6.92 Å². The van der Waals surface area contributed by atoms with Crippen molar-refractivity contribution in [3.63, 3.8) is 0 Å². The highest BCUT2D eigenvalue weighted by Gasteiger charge is 2.07. The van der Waals surface area contributed by atoms with Crippen LogP contribution in [0.25, 0.3) is 0 Å². The molecule has 0 amide bonds. The van der Waals surface area contributed by atoms with Crippen LogP contribution >= 0.6 is 0 Å². The lowest BCUT2D eigenvalue weighted by atomic mass is 10.1. The molecule has 13 heavy (non-hydrogen) atoms. The minimum absolute atomic E-state index is 0.0626. The van der Waals surface area contributed by atoms with Crippen molar-refractivity contribution >= 4 is 5.97 Å². The molecule has 0 atom stereocenters. The van der Waals surface area contributed by atoms with E-state index in [2.05, 4.69) is 9.72 Å². The number of halogens is 1. The highest BCUT2D eigenvalue weighted by Crippen LogP contribution is 2.08. The summed E-state index contributed by atoms with van der Waals surface area (Å²) in [6.07, 6.45) is 1.18. The number of pyridine rings is 1. The van der Waals surface area contributed by atoms with E-state index in [0.717, 1.165) is 6.20 Å². The van der Waals surface area contributed by atoms with E-state index in [-0.39, 0.29) is 6.42 Å². The van der Waals surface area contributed by atoms with Crippen LogP contribution in [0.4, 0.5) is 4.39 Å². The molecule has 1 rings (SSSR count). The molecule has 70 valence electrons. The van der Waals surface area contributed by atoms with Crippen molar-refractivity contribution in [1.29, 1.82) is 0 Å². The van der Waals surface area contributed by atoms with Crippen LogP contribution in [0.5, 0.6) is 0 Å². The lowest BCUT2D eigenvalue weighted by Gasteiger charge is -2.02. The molecule has 1 heterocycles. The van der Waals surface area contributed by atoms with Crippen molar-refractivity contribution in [1.82, 2.24) is 4.98 Å². The fourth-order valence-electron chi connectivity index (χ4n) is 0.956. The van der Waals surface area contributed by atoms with Gasteiger partial charge in [0.15, 0.2) is 0 Å². The third kappa shape index (κ3) is 2.50. The molecule has 0 saturated heterocycles. The van der Waals surface area contributed by atoms with Crippen LogP contribution in [0.2, 0.25) is 0 Å². The molecule has 0 aliphatic carbocycles. The van der Waals surface area contributed by atoms with Crippen LogP contribution < -0.4 is 0 Å². The molecule has 1 aromatic heterocycles. The smallest absolute Gasteiger partial charge is 0.310 e. The molecule has 0 unspecified atom stereocenters. The summed E-state index contributed by atoms with van der Waals surface area (Å²) in [6, 6.07) is 1.29. The highest BCUT2D eigenvalue weighted by molar-refractivity contribution is 5.72. The Bertz CT molecular complexity index is 325. The van der Waals surface area contributed by atoms with Gasteiger partial charge < -0.3 is 4.74 Å². The van der Waals surface area contributed by atoms with Crippen molar-refractivity contribution < 1.29 is 13.9 Å². The van der Waals surface area contributed by atoms with Crippen molar-refractivity contribution in [3.8, 4) is 0 Å². The van der Waals surface area contributed by atoms with Gasteiger partial charge in [-0.1, -0.05) is 0 Å². The van der Waals surface area contributed by atoms with E-state index < -0.39 is 11.8 Å². The van der Waals surface area contributed by atoms with Crippen molar-refractivity contribution in [3.05, 3.63) is 29.3 Å². The van der Waals surface area contributed by atoms with E-state index in [1.165, 1.54) is 13.2 Å². The summed E-state index contributed by atoms with van der Waals surface area (Å²) < 4.78 is 17.1.